The molecule has 17 nitrogen and oxygen atoms in total. The number of ether oxygens (including phenoxy) is 4. The second-order valence-corrected chi connectivity index (χ2v) is 28.9. The predicted octanol–water partition coefficient (Wildman–Crippen LogP) is 21.4. The molecule has 93 heavy (non-hydrogen) atoms. The van der Waals surface area contributed by atoms with Gasteiger partial charge >= 0.3 is 39.5 Å². The van der Waals surface area contributed by atoms with E-state index in [2.05, 4.69) is 52.0 Å². The van der Waals surface area contributed by atoms with Gasteiger partial charge in [-0.15, -0.1) is 0 Å². The van der Waals surface area contributed by atoms with Crippen LogP contribution in [0.3, 0.4) is 0 Å². The Morgan fingerprint density at radius 1 is 0.301 bits per heavy atom. The summed E-state index contributed by atoms with van der Waals surface area (Å²) in [6.45, 7) is 4.81. The summed E-state index contributed by atoms with van der Waals surface area (Å²) >= 11 is 0. The molecule has 0 spiro atoms. The number of unbranched alkanes of at least 4 members (excludes halogenated alkanes) is 44. The molecule has 548 valence electrons. The Kier molecular flexibility index (Phi) is 66.3. The van der Waals surface area contributed by atoms with Crippen LogP contribution in [0.2, 0.25) is 0 Å². The van der Waals surface area contributed by atoms with Crippen molar-refractivity contribution in [3.63, 3.8) is 0 Å². The maximum Gasteiger partial charge on any atom is 0.472 e. The quantitative estimate of drug-likeness (QED) is 0.0169. The number of rotatable bonds is 73. The van der Waals surface area contributed by atoms with Gasteiger partial charge in [0.25, 0.3) is 0 Å². The van der Waals surface area contributed by atoms with Crippen LogP contribution >= 0.6 is 15.6 Å². The Hall–Kier alpha value is -2.46. The zero-order valence-corrected chi connectivity index (χ0v) is 61.5. The number of carbonyl (C=O) groups is 4. The number of phosphoric ester groups is 2. The van der Waals surface area contributed by atoms with Crippen LogP contribution in [0.1, 0.15) is 368 Å². The first-order valence-corrected chi connectivity index (χ1v) is 41.1. The summed E-state index contributed by atoms with van der Waals surface area (Å²) in [7, 11) is -9.90. The fourth-order valence-corrected chi connectivity index (χ4v) is 12.4. The van der Waals surface area contributed by atoms with Gasteiger partial charge in [-0.25, -0.2) is 9.13 Å². The fraction of sp³-hybridized carbons (Fsp3) is 0.892. The number of esters is 4. The van der Waals surface area contributed by atoms with Gasteiger partial charge in [-0.05, 0) is 51.4 Å². The molecule has 19 heteroatoms. The zero-order chi connectivity index (χ0) is 68.2. The Labute approximate surface area is 567 Å². The number of hydrogen-bond acceptors (Lipinski definition) is 15. The lowest BCUT2D eigenvalue weighted by Crippen LogP contribution is -2.30. The van der Waals surface area contributed by atoms with Crippen LogP contribution in [0.25, 0.3) is 0 Å². The number of allylic oxidation sites excluding steroid dienone is 4. The summed E-state index contributed by atoms with van der Waals surface area (Å²) in [5.74, 6) is -2.16. The SMILES string of the molecule is CCCCCC/C=C\C=C/CCCCCCCC(=O)OC[C@H](COP(=O)(O)OC[C@@H](O)COP(=O)(O)OC[C@@H](COC(=O)CCCCCCC)OC(=O)CCCCCCCCCCCCCC)OC(=O)CCCCCCCCCCCCCCCCCCCCCCC. The highest BCUT2D eigenvalue weighted by Crippen LogP contribution is 2.45. The van der Waals surface area contributed by atoms with Gasteiger partial charge in [-0.1, -0.05) is 315 Å². The summed E-state index contributed by atoms with van der Waals surface area (Å²) in [6, 6.07) is 0. The summed E-state index contributed by atoms with van der Waals surface area (Å²) in [4.78, 5) is 72.4. The molecule has 0 aliphatic rings. The van der Waals surface area contributed by atoms with Crippen molar-refractivity contribution in [2.45, 2.75) is 386 Å². The number of carbonyl (C=O) groups excluding carboxylic acids is 4. The Balaban J connectivity index is 5.15. The molecule has 0 rings (SSSR count). The number of hydrogen-bond donors (Lipinski definition) is 3. The minimum atomic E-state index is -4.96. The maximum absolute atomic E-state index is 13.1. The third kappa shape index (κ3) is 67.9. The normalized spacial score (nSPS) is 14.1. The number of phosphoric acid groups is 2. The predicted molar refractivity (Wildman–Crippen MR) is 377 cm³/mol. The lowest BCUT2D eigenvalue weighted by molar-refractivity contribution is -0.161. The molecule has 0 aromatic carbocycles. The van der Waals surface area contributed by atoms with E-state index < -0.39 is 97.5 Å². The van der Waals surface area contributed by atoms with Crippen LogP contribution in [0.4, 0.5) is 0 Å². The zero-order valence-electron chi connectivity index (χ0n) is 59.7. The van der Waals surface area contributed by atoms with Crippen molar-refractivity contribution in [1.82, 2.24) is 0 Å². The van der Waals surface area contributed by atoms with E-state index in [0.717, 1.165) is 116 Å². The van der Waals surface area contributed by atoms with Crippen LogP contribution in [-0.2, 0) is 65.4 Å². The molecule has 0 amide bonds. The van der Waals surface area contributed by atoms with E-state index in [-0.39, 0.29) is 25.7 Å². The van der Waals surface area contributed by atoms with Gasteiger partial charge in [0.15, 0.2) is 12.2 Å². The average molecular weight is 1360 g/mol. The van der Waals surface area contributed by atoms with E-state index in [1.165, 1.54) is 173 Å². The van der Waals surface area contributed by atoms with Crippen molar-refractivity contribution in [2.75, 3.05) is 39.6 Å². The third-order valence-corrected chi connectivity index (χ3v) is 18.6. The maximum atomic E-state index is 13.1. The van der Waals surface area contributed by atoms with Gasteiger partial charge in [0.2, 0.25) is 0 Å². The molecule has 0 heterocycles. The molecule has 5 atom stereocenters. The second kappa shape index (κ2) is 68.1. The van der Waals surface area contributed by atoms with Crippen LogP contribution in [0.15, 0.2) is 24.3 Å². The van der Waals surface area contributed by atoms with Crippen molar-refractivity contribution < 1.29 is 80.2 Å². The number of aliphatic hydroxyl groups excluding tert-OH is 1. The first kappa shape index (κ1) is 90.5. The van der Waals surface area contributed by atoms with Crippen molar-refractivity contribution >= 4 is 39.5 Å². The van der Waals surface area contributed by atoms with Crippen molar-refractivity contribution in [2.24, 2.45) is 0 Å². The molecule has 2 unspecified atom stereocenters. The minimum absolute atomic E-state index is 0.102. The van der Waals surface area contributed by atoms with Crippen molar-refractivity contribution in [1.29, 1.82) is 0 Å². The molecule has 0 aliphatic heterocycles. The van der Waals surface area contributed by atoms with Gasteiger partial charge in [-0.3, -0.25) is 37.3 Å². The van der Waals surface area contributed by atoms with E-state index in [0.29, 0.717) is 25.7 Å². The lowest BCUT2D eigenvalue weighted by Gasteiger charge is -2.21. The van der Waals surface area contributed by atoms with E-state index in [1.54, 1.807) is 0 Å². The Morgan fingerprint density at radius 2 is 0.516 bits per heavy atom. The standard InChI is InChI=1S/C74H140O17P2/c1-5-9-13-17-20-23-26-29-31-32-33-34-35-36-38-40-43-46-49-53-57-61-74(79)91-70(65-85-72(77)59-55-51-47-44-42-39-37-30-27-24-21-18-14-10-6-2)67-89-93(82,83)87-63-68(75)62-86-92(80,81)88-66-69(64-84-71(76)58-54-50-16-12-8-4)90-73(78)60-56-52-48-45-41-28-25-22-19-15-11-7-3/h24,27,30,37,68-70,75H,5-23,25-26,28-29,31-36,38-67H2,1-4H3,(H,80,81)(H,82,83)/b27-24-,37-30-/t68-,69+,70+/m0/s1. The van der Waals surface area contributed by atoms with E-state index in [1.807, 2.05) is 0 Å². The van der Waals surface area contributed by atoms with Crippen LogP contribution in [0, 0.1) is 0 Å². The largest absolute Gasteiger partial charge is 0.472 e. The Bertz CT molecular complexity index is 1870. The van der Waals surface area contributed by atoms with E-state index >= 15 is 0 Å². The molecule has 0 aliphatic carbocycles. The molecule has 0 saturated carbocycles. The molecule has 3 N–H and O–H groups in total. The molecule has 0 saturated heterocycles. The first-order valence-electron chi connectivity index (χ1n) is 38.1. The highest BCUT2D eigenvalue weighted by Gasteiger charge is 2.30. The summed E-state index contributed by atoms with van der Waals surface area (Å²) in [6.07, 6.45) is 60.9. The summed E-state index contributed by atoms with van der Waals surface area (Å²) in [5.41, 5.74) is 0. The van der Waals surface area contributed by atoms with Crippen LogP contribution < -0.4 is 0 Å². The van der Waals surface area contributed by atoms with Gasteiger partial charge < -0.3 is 33.8 Å². The summed E-state index contributed by atoms with van der Waals surface area (Å²) in [5, 5.41) is 10.6. The van der Waals surface area contributed by atoms with Crippen LogP contribution in [-0.4, -0.2) is 96.7 Å². The molecule has 0 aromatic rings. The molecule has 0 fully saturated rings. The first-order chi connectivity index (χ1) is 45.2. The van der Waals surface area contributed by atoms with Crippen molar-refractivity contribution in [3.8, 4) is 0 Å². The summed E-state index contributed by atoms with van der Waals surface area (Å²) < 4.78 is 68.1. The van der Waals surface area contributed by atoms with E-state index in [4.69, 9.17) is 37.0 Å². The minimum Gasteiger partial charge on any atom is -0.462 e. The van der Waals surface area contributed by atoms with Gasteiger partial charge in [0.1, 0.15) is 19.3 Å². The van der Waals surface area contributed by atoms with Gasteiger partial charge in [0, 0.05) is 25.7 Å². The smallest absolute Gasteiger partial charge is 0.462 e. The third-order valence-electron chi connectivity index (χ3n) is 16.7. The highest BCUT2D eigenvalue weighted by atomic mass is 31.2. The lowest BCUT2D eigenvalue weighted by atomic mass is 10.0. The molecular weight excluding hydrogens is 1220 g/mol. The monoisotopic (exact) mass is 1360 g/mol. The molecule has 0 bridgehead atoms. The van der Waals surface area contributed by atoms with Crippen molar-refractivity contribution in [3.05, 3.63) is 24.3 Å². The Morgan fingerprint density at radius 3 is 0.785 bits per heavy atom. The van der Waals surface area contributed by atoms with Crippen LogP contribution in [0.5, 0.6) is 0 Å². The molecule has 0 aromatic heterocycles. The van der Waals surface area contributed by atoms with Gasteiger partial charge in [-0.2, -0.15) is 0 Å². The topological polar surface area (TPSA) is 237 Å². The second-order valence-electron chi connectivity index (χ2n) is 26.0. The number of aliphatic hydroxyl groups is 1. The fourth-order valence-electron chi connectivity index (χ4n) is 10.9. The van der Waals surface area contributed by atoms with Gasteiger partial charge in [0.05, 0.1) is 26.4 Å². The molecular formula is C74H140O17P2. The highest BCUT2D eigenvalue weighted by molar-refractivity contribution is 7.47. The van der Waals surface area contributed by atoms with E-state index in [9.17, 15) is 43.2 Å². The average Bonchev–Trinajstić information content (AvgIpc) is 2.41. The molecule has 0 radical (unpaired) electrons.